The van der Waals surface area contributed by atoms with Gasteiger partial charge < -0.3 is 15.0 Å². The lowest BCUT2D eigenvalue weighted by atomic mass is 9.74. The monoisotopic (exact) mass is 484 g/mol. The Morgan fingerprint density at radius 2 is 1.88 bits per heavy atom. The fourth-order valence-electron chi connectivity index (χ4n) is 5.64. The zero-order valence-corrected chi connectivity index (χ0v) is 20.4. The normalized spacial score (nSPS) is 20.9. The highest BCUT2D eigenvalue weighted by Gasteiger charge is 2.37. The number of hydrogen-bond donors (Lipinski definition) is 2. The highest BCUT2D eigenvalue weighted by Crippen LogP contribution is 2.37. The van der Waals surface area contributed by atoms with Gasteiger partial charge in [0.2, 0.25) is 0 Å². The summed E-state index contributed by atoms with van der Waals surface area (Å²) in [4.78, 5) is 28.3. The van der Waals surface area contributed by atoms with Crippen molar-refractivity contribution in [2.24, 2.45) is 5.41 Å². The predicted octanol–water partition coefficient (Wildman–Crippen LogP) is 4.55. The zero-order valence-electron chi connectivity index (χ0n) is 19.6. The van der Waals surface area contributed by atoms with Gasteiger partial charge in [0.05, 0.1) is 12.2 Å². The summed E-state index contributed by atoms with van der Waals surface area (Å²) in [5, 5.41) is 11.2. The van der Waals surface area contributed by atoms with Crippen LogP contribution in [0.2, 0.25) is 5.02 Å². The molecule has 0 atom stereocenters. The number of piperidine rings is 1. The van der Waals surface area contributed by atoms with Crippen molar-refractivity contribution in [1.29, 1.82) is 0 Å². The van der Waals surface area contributed by atoms with E-state index in [1.807, 2.05) is 4.90 Å². The van der Waals surface area contributed by atoms with Crippen LogP contribution in [-0.4, -0.2) is 53.2 Å². The molecule has 182 valence electrons. The van der Waals surface area contributed by atoms with Crippen molar-refractivity contribution < 1.29 is 14.3 Å². The number of rotatable bonds is 1. The highest BCUT2D eigenvalue weighted by molar-refractivity contribution is 6.31. The third kappa shape index (κ3) is 4.81. The minimum absolute atomic E-state index is 0.00374. The molecule has 1 spiro atoms. The average Bonchev–Trinajstić information content (AvgIpc) is 3.29. The Balaban J connectivity index is 1.28. The molecule has 1 aliphatic carbocycles. The Hall–Kier alpha value is -2.54. The van der Waals surface area contributed by atoms with Crippen molar-refractivity contribution in [1.82, 2.24) is 20.4 Å². The second kappa shape index (κ2) is 9.98. The molecule has 1 aromatic heterocycles. The summed E-state index contributed by atoms with van der Waals surface area (Å²) in [7, 11) is 0. The van der Waals surface area contributed by atoms with Crippen LogP contribution in [0.4, 0.5) is 0 Å². The fraction of sp³-hybridized carbons (Fsp3) is 0.577. The number of carbonyl (C=O) groups is 2. The molecule has 0 unspecified atom stereocenters. The van der Waals surface area contributed by atoms with Gasteiger partial charge in [0, 0.05) is 35.9 Å². The number of aromatic nitrogens is 2. The van der Waals surface area contributed by atoms with Gasteiger partial charge in [-0.1, -0.05) is 24.4 Å². The Kier molecular flexibility index (Phi) is 6.82. The van der Waals surface area contributed by atoms with Gasteiger partial charge in [0.1, 0.15) is 5.75 Å². The average molecular weight is 485 g/mol. The van der Waals surface area contributed by atoms with E-state index >= 15 is 0 Å². The molecule has 1 fully saturated rings. The Labute approximate surface area is 205 Å². The van der Waals surface area contributed by atoms with E-state index < -0.39 is 0 Å². The number of nitrogens with zero attached hydrogens (tertiary/aromatic N) is 2. The van der Waals surface area contributed by atoms with Crippen molar-refractivity contribution in [3.05, 3.63) is 45.7 Å². The van der Waals surface area contributed by atoms with Gasteiger partial charge in [-0.25, -0.2) is 0 Å². The second-order valence-electron chi connectivity index (χ2n) is 10.0. The van der Waals surface area contributed by atoms with E-state index in [4.69, 9.17) is 16.3 Å². The van der Waals surface area contributed by atoms with Crippen LogP contribution in [0.25, 0.3) is 0 Å². The topological polar surface area (TPSA) is 87.3 Å². The van der Waals surface area contributed by atoms with E-state index in [0.717, 1.165) is 75.5 Å². The first-order chi connectivity index (χ1) is 16.5. The highest BCUT2D eigenvalue weighted by atomic mass is 35.5. The summed E-state index contributed by atoms with van der Waals surface area (Å²) in [6.45, 7) is 2.58. The first-order valence-corrected chi connectivity index (χ1v) is 13.0. The molecule has 0 radical (unpaired) electrons. The number of carbonyl (C=O) groups excluding carboxylic acids is 2. The molecular weight excluding hydrogens is 452 g/mol. The number of aryl methyl sites for hydroxylation is 1. The molecule has 7 nitrogen and oxygen atoms in total. The minimum atomic E-state index is -0.154. The lowest BCUT2D eigenvalue weighted by molar-refractivity contribution is 0.0527. The molecule has 5 rings (SSSR count). The summed E-state index contributed by atoms with van der Waals surface area (Å²) in [6, 6.07) is 5.21. The van der Waals surface area contributed by atoms with Crippen LogP contribution in [0, 0.1) is 5.41 Å². The molecule has 3 heterocycles. The maximum Gasteiger partial charge on any atom is 0.274 e. The van der Waals surface area contributed by atoms with Gasteiger partial charge in [-0.05, 0) is 75.0 Å². The maximum absolute atomic E-state index is 13.3. The minimum Gasteiger partial charge on any atom is -0.493 e. The maximum atomic E-state index is 13.3. The molecule has 1 aromatic carbocycles. The fourth-order valence-corrected chi connectivity index (χ4v) is 5.81. The lowest BCUT2D eigenvalue weighted by Crippen LogP contribution is -2.48. The van der Waals surface area contributed by atoms with Crippen molar-refractivity contribution in [2.45, 2.75) is 64.2 Å². The standard InChI is InChI=1S/C26H33ClN4O3/c27-18-8-9-22-20(16-18)24(32)28-17-26(10-4-1-5-15-34-22)11-13-31(14-12-26)25(33)23-19-6-2-3-7-21(19)29-30-23/h8-9,16H,1-7,10-15,17H2,(H,28,32)(H,29,30). The molecule has 2 aromatic rings. The van der Waals surface area contributed by atoms with Crippen LogP contribution in [-0.2, 0) is 12.8 Å². The van der Waals surface area contributed by atoms with Crippen LogP contribution in [0.3, 0.4) is 0 Å². The Bertz CT molecular complexity index is 1060. The van der Waals surface area contributed by atoms with E-state index in [1.165, 1.54) is 0 Å². The van der Waals surface area contributed by atoms with E-state index in [2.05, 4.69) is 15.5 Å². The number of amides is 2. The van der Waals surface area contributed by atoms with Crippen LogP contribution in [0.1, 0.15) is 83.5 Å². The van der Waals surface area contributed by atoms with Gasteiger partial charge in [-0.2, -0.15) is 5.10 Å². The third-order valence-corrected chi connectivity index (χ3v) is 8.02. The van der Waals surface area contributed by atoms with Crippen LogP contribution in [0.5, 0.6) is 5.75 Å². The Morgan fingerprint density at radius 3 is 2.74 bits per heavy atom. The number of H-pyrrole nitrogens is 1. The predicted molar refractivity (Wildman–Crippen MR) is 131 cm³/mol. The summed E-state index contributed by atoms with van der Waals surface area (Å²) < 4.78 is 5.87. The van der Waals surface area contributed by atoms with Gasteiger partial charge in [-0.15, -0.1) is 0 Å². The first-order valence-electron chi connectivity index (χ1n) is 12.6. The SMILES string of the molecule is O=C1NCC2(CCCCCOc3ccc(Cl)cc31)CCN(C(=O)c1n[nH]c3c1CCCC3)CC2. The number of halogens is 1. The van der Waals surface area contributed by atoms with Crippen LogP contribution < -0.4 is 10.1 Å². The molecule has 2 amide bonds. The zero-order chi connectivity index (χ0) is 23.5. The number of fused-ring (bicyclic) bond motifs is 2. The quantitative estimate of drug-likeness (QED) is 0.621. The number of nitrogens with one attached hydrogen (secondary N) is 2. The molecule has 0 bridgehead atoms. The van der Waals surface area contributed by atoms with Gasteiger partial charge in [0.25, 0.3) is 11.8 Å². The lowest BCUT2D eigenvalue weighted by Gasteiger charge is -2.42. The molecule has 3 aliphatic rings. The number of ether oxygens (including phenoxy) is 1. The smallest absolute Gasteiger partial charge is 0.274 e. The van der Waals surface area contributed by atoms with Crippen molar-refractivity contribution in [3.63, 3.8) is 0 Å². The van der Waals surface area contributed by atoms with Gasteiger partial charge >= 0.3 is 0 Å². The van der Waals surface area contributed by atoms with Crippen molar-refractivity contribution in [2.75, 3.05) is 26.2 Å². The number of benzene rings is 1. The van der Waals surface area contributed by atoms with Crippen LogP contribution >= 0.6 is 11.6 Å². The Morgan fingerprint density at radius 1 is 1.06 bits per heavy atom. The molecular formula is C26H33ClN4O3. The van der Waals surface area contributed by atoms with Gasteiger partial charge in [-0.3, -0.25) is 14.7 Å². The molecule has 0 saturated carbocycles. The largest absolute Gasteiger partial charge is 0.493 e. The summed E-state index contributed by atoms with van der Waals surface area (Å²) in [5.74, 6) is 0.477. The second-order valence-corrected chi connectivity index (χ2v) is 10.4. The van der Waals surface area contributed by atoms with Gasteiger partial charge in [0.15, 0.2) is 5.69 Å². The number of aromatic amines is 1. The van der Waals surface area contributed by atoms with Crippen molar-refractivity contribution in [3.8, 4) is 5.75 Å². The number of hydrogen-bond acceptors (Lipinski definition) is 4. The molecule has 1 saturated heterocycles. The first kappa shape index (κ1) is 23.2. The van der Waals surface area contributed by atoms with E-state index in [0.29, 0.717) is 48.3 Å². The van der Waals surface area contributed by atoms with E-state index in [1.54, 1.807) is 18.2 Å². The molecule has 2 N–H and O–H groups in total. The van der Waals surface area contributed by atoms with E-state index in [9.17, 15) is 9.59 Å². The summed E-state index contributed by atoms with van der Waals surface area (Å²) in [6.07, 6.45) is 10.1. The van der Waals surface area contributed by atoms with Crippen molar-refractivity contribution >= 4 is 23.4 Å². The third-order valence-electron chi connectivity index (χ3n) is 7.79. The molecule has 34 heavy (non-hydrogen) atoms. The summed E-state index contributed by atoms with van der Waals surface area (Å²) in [5.41, 5.74) is 3.35. The molecule has 8 heteroatoms. The summed E-state index contributed by atoms with van der Waals surface area (Å²) >= 11 is 6.16. The molecule has 2 aliphatic heterocycles. The van der Waals surface area contributed by atoms with E-state index in [-0.39, 0.29) is 17.2 Å². The van der Waals surface area contributed by atoms with Crippen LogP contribution in [0.15, 0.2) is 18.2 Å². The number of likely N-dealkylation sites (tertiary alicyclic amines) is 1.